The van der Waals surface area contributed by atoms with E-state index < -0.39 is 18.7 Å². The van der Waals surface area contributed by atoms with Gasteiger partial charge in [0.1, 0.15) is 6.54 Å². The Bertz CT molecular complexity index is 420. The van der Waals surface area contributed by atoms with E-state index in [0.29, 0.717) is 6.42 Å². The molecule has 1 aromatic rings. The van der Waals surface area contributed by atoms with Gasteiger partial charge in [0.05, 0.1) is 6.61 Å². The molecular weight excluding hydrogens is 281 g/mol. The maximum absolute atomic E-state index is 12.4. The number of carbonyl (C=O) groups is 1. The molecule has 0 aromatic carbocycles. The smallest absolute Gasteiger partial charge is 0.406 e. The van der Waals surface area contributed by atoms with Crippen molar-refractivity contribution >= 4 is 22.4 Å². The quantitative estimate of drug-likeness (QED) is 0.757. The second kappa shape index (κ2) is 6.74. The molecule has 1 heterocycles. The molecule has 0 N–H and O–H groups in total. The van der Waals surface area contributed by atoms with Gasteiger partial charge in [-0.2, -0.15) is 13.2 Å². The van der Waals surface area contributed by atoms with Crippen LogP contribution in [0.5, 0.6) is 0 Å². The van der Waals surface area contributed by atoms with Gasteiger partial charge in [0.25, 0.3) is 0 Å². The lowest BCUT2D eigenvalue weighted by Gasteiger charge is -2.22. The summed E-state index contributed by atoms with van der Waals surface area (Å²) >= 11 is 1.01. The fourth-order valence-electron chi connectivity index (χ4n) is 1.44. The summed E-state index contributed by atoms with van der Waals surface area (Å²) in [4.78, 5) is 16.4. The first-order valence-corrected chi connectivity index (χ1v) is 6.69. The Kier molecular flexibility index (Phi) is 5.59. The number of alkyl halides is 3. The SMILES string of the molecule is CCCN(CC(F)(F)F)c1nc(C(=O)OCC)cs1. The Morgan fingerprint density at radius 3 is 2.68 bits per heavy atom. The third-order valence-electron chi connectivity index (χ3n) is 2.11. The van der Waals surface area contributed by atoms with Crippen LogP contribution in [-0.4, -0.2) is 36.8 Å². The highest BCUT2D eigenvalue weighted by Gasteiger charge is 2.31. The van der Waals surface area contributed by atoms with Crippen molar-refractivity contribution in [3.8, 4) is 0 Å². The van der Waals surface area contributed by atoms with E-state index in [2.05, 4.69) is 4.98 Å². The van der Waals surface area contributed by atoms with Crippen molar-refractivity contribution in [2.24, 2.45) is 0 Å². The maximum Gasteiger partial charge on any atom is 0.406 e. The number of anilines is 1. The number of halogens is 3. The fourth-order valence-corrected chi connectivity index (χ4v) is 2.26. The predicted molar refractivity (Wildman–Crippen MR) is 66.6 cm³/mol. The zero-order valence-electron chi connectivity index (χ0n) is 10.7. The van der Waals surface area contributed by atoms with Crippen molar-refractivity contribution in [3.05, 3.63) is 11.1 Å². The molecule has 0 saturated heterocycles. The molecule has 0 amide bonds. The number of rotatable bonds is 6. The highest BCUT2D eigenvalue weighted by molar-refractivity contribution is 7.13. The van der Waals surface area contributed by atoms with Gasteiger partial charge in [-0.1, -0.05) is 6.92 Å². The van der Waals surface area contributed by atoms with Gasteiger partial charge in [-0.25, -0.2) is 9.78 Å². The predicted octanol–water partition coefficient (Wildman–Crippen LogP) is 3.10. The minimum absolute atomic E-state index is 0.0464. The Labute approximate surface area is 113 Å². The van der Waals surface area contributed by atoms with Crippen LogP contribution in [0.1, 0.15) is 30.8 Å². The Morgan fingerprint density at radius 1 is 1.47 bits per heavy atom. The van der Waals surface area contributed by atoms with E-state index in [1.54, 1.807) is 13.8 Å². The van der Waals surface area contributed by atoms with Crippen LogP contribution in [0.3, 0.4) is 0 Å². The van der Waals surface area contributed by atoms with Gasteiger partial charge in [-0.3, -0.25) is 0 Å². The van der Waals surface area contributed by atoms with Gasteiger partial charge in [0.2, 0.25) is 0 Å². The molecule has 0 spiro atoms. The van der Waals surface area contributed by atoms with Gasteiger partial charge in [0.15, 0.2) is 10.8 Å². The molecule has 0 saturated carbocycles. The minimum Gasteiger partial charge on any atom is -0.461 e. The number of carbonyl (C=O) groups excluding carboxylic acids is 1. The molecule has 1 aromatic heterocycles. The summed E-state index contributed by atoms with van der Waals surface area (Å²) in [6.45, 7) is 2.79. The molecule has 0 radical (unpaired) electrons. The molecular formula is C11H15F3N2O2S. The summed E-state index contributed by atoms with van der Waals surface area (Å²) in [7, 11) is 0. The molecule has 108 valence electrons. The summed E-state index contributed by atoms with van der Waals surface area (Å²) in [6, 6.07) is 0. The summed E-state index contributed by atoms with van der Waals surface area (Å²) in [5.74, 6) is -0.617. The van der Waals surface area contributed by atoms with Crippen LogP contribution in [0.4, 0.5) is 18.3 Å². The van der Waals surface area contributed by atoms with Crippen molar-refractivity contribution in [3.63, 3.8) is 0 Å². The van der Waals surface area contributed by atoms with Gasteiger partial charge >= 0.3 is 12.1 Å². The van der Waals surface area contributed by atoms with Crippen molar-refractivity contribution in [2.75, 3.05) is 24.6 Å². The van der Waals surface area contributed by atoms with E-state index >= 15 is 0 Å². The van der Waals surface area contributed by atoms with Crippen LogP contribution in [0.15, 0.2) is 5.38 Å². The van der Waals surface area contributed by atoms with E-state index in [9.17, 15) is 18.0 Å². The highest BCUT2D eigenvalue weighted by Crippen LogP contribution is 2.25. The van der Waals surface area contributed by atoms with E-state index in [1.165, 1.54) is 5.38 Å². The zero-order valence-corrected chi connectivity index (χ0v) is 11.5. The maximum atomic E-state index is 12.4. The molecule has 8 heteroatoms. The number of thiazole rings is 1. The normalized spacial score (nSPS) is 11.4. The number of ether oxygens (including phenoxy) is 1. The molecule has 0 bridgehead atoms. The Hall–Kier alpha value is -1.31. The zero-order chi connectivity index (χ0) is 14.5. The van der Waals surface area contributed by atoms with Crippen LogP contribution in [-0.2, 0) is 4.74 Å². The van der Waals surface area contributed by atoms with E-state index in [0.717, 1.165) is 16.2 Å². The van der Waals surface area contributed by atoms with Crippen molar-refractivity contribution in [1.82, 2.24) is 4.98 Å². The average molecular weight is 296 g/mol. The summed E-state index contributed by atoms with van der Waals surface area (Å²) in [5, 5.41) is 1.59. The highest BCUT2D eigenvalue weighted by atomic mass is 32.1. The first-order valence-electron chi connectivity index (χ1n) is 5.81. The number of hydrogen-bond donors (Lipinski definition) is 0. The summed E-state index contributed by atoms with van der Waals surface area (Å²) in [6.07, 6.45) is -3.74. The standard InChI is InChI=1S/C11H15F3N2O2S/c1-3-5-16(7-11(12,13)14)10-15-8(6-19-10)9(17)18-4-2/h6H,3-5,7H2,1-2H3. The van der Waals surface area contributed by atoms with E-state index in [-0.39, 0.29) is 24.0 Å². The van der Waals surface area contributed by atoms with Gasteiger partial charge in [-0.05, 0) is 13.3 Å². The lowest BCUT2D eigenvalue weighted by atomic mass is 10.4. The number of nitrogens with zero attached hydrogens (tertiary/aromatic N) is 2. The third-order valence-corrected chi connectivity index (χ3v) is 3.01. The Morgan fingerprint density at radius 2 is 2.16 bits per heavy atom. The lowest BCUT2D eigenvalue weighted by Crippen LogP contribution is -2.34. The molecule has 0 fully saturated rings. The van der Waals surface area contributed by atoms with Crippen molar-refractivity contribution in [1.29, 1.82) is 0 Å². The molecule has 0 aliphatic rings. The van der Waals surface area contributed by atoms with Crippen LogP contribution in [0.2, 0.25) is 0 Å². The molecule has 1 rings (SSSR count). The van der Waals surface area contributed by atoms with E-state index in [4.69, 9.17) is 4.74 Å². The summed E-state index contributed by atoms with van der Waals surface area (Å²) in [5.41, 5.74) is 0.0464. The first kappa shape index (κ1) is 15.7. The molecule has 0 aliphatic carbocycles. The molecule has 19 heavy (non-hydrogen) atoms. The van der Waals surface area contributed by atoms with Gasteiger partial charge in [-0.15, -0.1) is 11.3 Å². The third kappa shape index (κ3) is 5.06. The van der Waals surface area contributed by atoms with Gasteiger partial charge < -0.3 is 9.64 Å². The lowest BCUT2D eigenvalue weighted by molar-refractivity contribution is -0.119. The Balaban J connectivity index is 2.83. The molecule has 0 atom stereocenters. The van der Waals surface area contributed by atoms with Crippen LogP contribution < -0.4 is 4.90 Å². The monoisotopic (exact) mass is 296 g/mol. The van der Waals surface area contributed by atoms with Crippen LogP contribution in [0, 0.1) is 0 Å². The average Bonchev–Trinajstić information content (AvgIpc) is 2.76. The molecule has 0 unspecified atom stereocenters. The van der Waals surface area contributed by atoms with E-state index in [1.807, 2.05) is 0 Å². The number of esters is 1. The van der Waals surface area contributed by atoms with Crippen molar-refractivity contribution in [2.45, 2.75) is 26.4 Å². The fraction of sp³-hybridized carbons (Fsp3) is 0.636. The van der Waals surface area contributed by atoms with Crippen LogP contribution in [0.25, 0.3) is 0 Å². The van der Waals surface area contributed by atoms with Gasteiger partial charge in [0, 0.05) is 11.9 Å². The minimum atomic E-state index is -4.30. The first-order chi connectivity index (χ1) is 8.87. The number of hydrogen-bond acceptors (Lipinski definition) is 5. The number of aromatic nitrogens is 1. The molecule has 4 nitrogen and oxygen atoms in total. The molecule has 0 aliphatic heterocycles. The topological polar surface area (TPSA) is 42.4 Å². The largest absolute Gasteiger partial charge is 0.461 e. The summed E-state index contributed by atoms with van der Waals surface area (Å²) < 4.78 is 42.1. The second-order valence-electron chi connectivity index (χ2n) is 3.77. The second-order valence-corrected chi connectivity index (χ2v) is 4.61. The van der Waals surface area contributed by atoms with Crippen LogP contribution >= 0.6 is 11.3 Å². The van der Waals surface area contributed by atoms with Crippen molar-refractivity contribution < 1.29 is 22.7 Å².